The fourth-order valence-electron chi connectivity index (χ4n) is 4.51. The molecular formula is C29H27ClFN3O4. The van der Waals surface area contributed by atoms with Crippen LogP contribution in [-0.2, 0) is 4.74 Å². The number of halogens is 2. The summed E-state index contributed by atoms with van der Waals surface area (Å²) in [7, 11) is 3.23. The predicted octanol–water partition coefficient (Wildman–Crippen LogP) is 6.16. The Hall–Kier alpha value is -3.93. The first kappa shape index (κ1) is 27.1. The van der Waals surface area contributed by atoms with Crippen LogP contribution in [0.25, 0.3) is 33.6 Å². The van der Waals surface area contributed by atoms with E-state index in [1.807, 2.05) is 13.0 Å². The van der Waals surface area contributed by atoms with Crippen LogP contribution in [-0.4, -0.2) is 49.2 Å². The van der Waals surface area contributed by atoms with Crippen LogP contribution in [0.3, 0.4) is 0 Å². The van der Waals surface area contributed by atoms with Crippen molar-refractivity contribution in [1.82, 2.24) is 9.88 Å². The summed E-state index contributed by atoms with van der Waals surface area (Å²) < 4.78 is 32.7. The van der Waals surface area contributed by atoms with Crippen LogP contribution in [0.2, 0.25) is 0 Å². The number of fused-ring (bicyclic) bond motifs is 1. The Balaban J connectivity index is 0.00000336. The van der Waals surface area contributed by atoms with Crippen molar-refractivity contribution in [3.63, 3.8) is 0 Å². The Labute approximate surface area is 226 Å². The molecule has 3 heterocycles. The van der Waals surface area contributed by atoms with E-state index in [1.165, 1.54) is 17.0 Å². The van der Waals surface area contributed by atoms with Crippen molar-refractivity contribution in [2.75, 3.05) is 27.3 Å². The van der Waals surface area contributed by atoms with Gasteiger partial charge in [0.05, 0.1) is 24.3 Å². The molecule has 2 aromatic heterocycles. The summed E-state index contributed by atoms with van der Waals surface area (Å²) >= 11 is 0. The average Bonchev–Trinajstić information content (AvgIpc) is 3.33. The van der Waals surface area contributed by atoms with Gasteiger partial charge in [0.15, 0.2) is 5.58 Å². The molecule has 0 spiro atoms. The third kappa shape index (κ3) is 5.21. The van der Waals surface area contributed by atoms with E-state index in [0.717, 1.165) is 29.5 Å². The topological polar surface area (TPSA) is 88.6 Å². The van der Waals surface area contributed by atoms with Gasteiger partial charge >= 0.3 is 0 Å². The number of aryl methyl sites for hydroxylation is 1. The number of carbonyl (C=O) groups excluding carboxylic acids is 1. The van der Waals surface area contributed by atoms with E-state index < -0.39 is 5.82 Å². The summed E-state index contributed by atoms with van der Waals surface area (Å²) in [5.41, 5.74) is 4.35. The van der Waals surface area contributed by atoms with Crippen molar-refractivity contribution < 1.29 is 23.1 Å². The maximum atomic E-state index is 15.0. The molecule has 1 aliphatic rings. The molecule has 1 aliphatic heterocycles. The van der Waals surface area contributed by atoms with Gasteiger partial charge in [0.25, 0.3) is 5.91 Å². The van der Waals surface area contributed by atoms with Crippen LogP contribution in [0.5, 0.6) is 5.75 Å². The lowest BCUT2D eigenvalue weighted by molar-refractivity contribution is 0.0254. The van der Waals surface area contributed by atoms with Crippen molar-refractivity contribution >= 4 is 29.4 Å². The Morgan fingerprint density at radius 3 is 2.61 bits per heavy atom. The SMILES string of the molecule is Cc1cnc2cc(-c3ccc(C(=O)N(C)C)cc3F)oc2c1-c1ccc(OC2CCOCC2)c(C#N)c1.Cl. The number of amides is 1. The highest BCUT2D eigenvalue weighted by Gasteiger charge is 2.21. The van der Waals surface area contributed by atoms with E-state index in [0.29, 0.717) is 41.4 Å². The number of ether oxygens (including phenoxy) is 2. The molecule has 1 fully saturated rings. The summed E-state index contributed by atoms with van der Waals surface area (Å²) in [5, 5.41) is 9.82. The van der Waals surface area contributed by atoms with Gasteiger partial charge in [0, 0.05) is 50.3 Å². The molecule has 196 valence electrons. The zero-order valence-electron chi connectivity index (χ0n) is 21.3. The van der Waals surface area contributed by atoms with Gasteiger partial charge in [0.2, 0.25) is 0 Å². The highest BCUT2D eigenvalue weighted by Crippen LogP contribution is 2.38. The van der Waals surface area contributed by atoms with Crippen LogP contribution in [0.4, 0.5) is 4.39 Å². The van der Waals surface area contributed by atoms with Gasteiger partial charge in [-0.1, -0.05) is 6.07 Å². The van der Waals surface area contributed by atoms with Gasteiger partial charge in [-0.15, -0.1) is 12.4 Å². The van der Waals surface area contributed by atoms with Crippen LogP contribution >= 0.6 is 12.4 Å². The molecule has 1 saturated heterocycles. The van der Waals surface area contributed by atoms with Gasteiger partial charge in [-0.2, -0.15) is 5.26 Å². The van der Waals surface area contributed by atoms with Crippen molar-refractivity contribution in [3.05, 3.63) is 71.2 Å². The minimum absolute atomic E-state index is 0. The standard InChI is InChI=1S/C29H26FN3O4.ClH/c1-17-16-32-24-14-26(22-6-4-19(13-23(22)30)29(34)33(2)3)37-28(24)27(17)18-5-7-25(20(12-18)15-31)36-21-8-10-35-11-9-21;/h4-7,12-14,16,21H,8-11H2,1-3H3;1H. The molecule has 1 amide bonds. The van der Waals surface area contributed by atoms with Gasteiger partial charge in [-0.3, -0.25) is 9.78 Å². The molecule has 0 N–H and O–H groups in total. The minimum atomic E-state index is -0.564. The smallest absolute Gasteiger partial charge is 0.253 e. The van der Waals surface area contributed by atoms with Crippen LogP contribution < -0.4 is 4.74 Å². The number of benzene rings is 2. The summed E-state index contributed by atoms with van der Waals surface area (Å²) in [4.78, 5) is 18.1. The molecule has 0 unspecified atom stereocenters. The highest BCUT2D eigenvalue weighted by molar-refractivity contribution is 5.96. The largest absolute Gasteiger partial charge is 0.489 e. The molecule has 2 aromatic carbocycles. The third-order valence-electron chi connectivity index (χ3n) is 6.47. The van der Waals surface area contributed by atoms with Crippen molar-refractivity contribution in [2.45, 2.75) is 25.9 Å². The summed E-state index contributed by atoms with van der Waals surface area (Å²) in [6.07, 6.45) is 3.31. The number of pyridine rings is 1. The Morgan fingerprint density at radius 2 is 1.92 bits per heavy atom. The lowest BCUT2D eigenvalue weighted by Crippen LogP contribution is -2.26. The molecule has 5 rings (SSSR count). The zero-order valence-corrected chi connectivity index (χ0v) is 22.1. The molecule has 9 heteroatoms. The molecule has 0 atom stereocenters. The maximum Gasteiger partial charge on any atom is 0.253 e. The number of hydrogen-bond acceptors (Lipinski definition) is 6. The number of nitriles is 1. The molecule has 7 nitrogen and oxygen atoms in total. The van der Waals surface area contributed by atoms with E-state index in [1.54, 1.807) is 44.6 Å². The first-order valence-corrected chi connectivity index (χ1v) is 12.1. The van der Waals surface area contributed by atoms with Gasteiger partial charge in [-0.25, -0.2) is 4.39 Å². The lowest BCUT2D eigenvalue weighted by Gasteiger charge is -2.24. The van der Waals surface area contributed by atoms with E-state index in [9.17, 15) is 10.1 Å². The van der Waals surface area contributed by atoms with Crippen molar-refractivity contribution in [3.8, 4) is 34.3 Å². The summed E-state index contributed by atoms with van der Waals surface area (Å²) in [6, 6.07) is 13.7. The molecular weight excluding hydrogens is 509 g/mol. The quantitative estimate of drug-likeness (QED) is 0.304. The van der Waals surface area contributed by atoms with Crippen molar-refractivity contribution in [2.24, 2.45) is 0 Å². The number of hydrogen-bond donors (Lipinski definition) is 0. The Kier molecular flexibility index (Phi) is 8.00. The van der Waals surface area contributed by atoms with E-state index in [2.05, 4.69) is 11.1 Å². The monoisotopic (exact) mass is 535 g/mol. The molecule has 0 saturated carbocycles. The number of furan rings is 1. The molecule has 38 heavy (non-hydrogen) atoms. The lowest BCUT2D eigenvalue weighted by atomic mass is 9.99. The van der Waals surface area contributed by atoms with E-state index in [-0.39, 0.29) is 35.5 Å². The van der Waals surface area contributed by atoms with Crippen LogP contribution in [0, 0.1) is 24.1 Å². The number of rotatable bonds is 5. The van der Waals surface area contributed by atoms with Gasteiger partial charge in [0.1, 0.15) is 35.0 Å². The first-order valence-electron chi connectivity index (χ1n) is 12.1. The third-order valence-corrected chi connectivity index (χ3v) is 6.47. The molecule has 0 radical (unpaired) electrons. The Bertz CT molecular complexity index is 1540. The number of carbonyl (C=O) groups is 1. The fourth-order valence-corrected chi connectivity index (χ4v) is 4.51. The second-order valence-electron chi connectivity index (χ2n) is 9.29. The summed E-state index contributed by atoms with van der Waals surface area (Å²) in [6.45, 7) is 3.20. The van der Waals surface area contributed by atoms with Gasteiger partial charge in [-0.05, 0) is 48.4 Å². The molecule has 0 bridgehead atoms. The van der Waals surface area contributed by atoms with Gasteiger partial charge < -0.3 is 18.8 Å². The van der Waals surface area contributed by atoms with Crippen LogP contribution in [0.1, 0.15) is 34.3 Å². The molecule has 0 aliphatic carbocycles. The van der Waals surface area contributed by atoms with E-state index in [4.69, 9.17) is 13.9 Å². The highest BCUT2D eigenvalue weighted by atomic mass is 35.5. The second-order valence-corrected chi connectivity index (χ2v) is 9.29. The normalized spacial score (nSPS) is 13.6. The summed E-state index contributed by atoms with van der Waals surface area (Å²) in [5.74, 6) is -0.00932. The van der Waals surface area contributed by atoms with E-state index >= 15 is 4.39 Å². The Morgan fingerprint density at radius 1 is 1.16 bits per heavy atom. The second kappa shape index (κ2) is 11.2. The minimum Gasteiger partial charge on any atom is -0.489 e. The molecule has 4 aromatic rings. The average molecular weight is 536 g/mol. The van der Waals surface area contributed by atoms with Crippen molar-refractivity contribution in [1.29, 1.82) is 5.26 Å². The predicted molar refractivity (Wildman–Crippen MR) is 144 cm³/mol. The maximum absolute atomic E-state index is 15.0. The fraction of sp³-hybridized carbons (Fsp3) is 0.276. The number of aromatic nitrogens is 1. The van der Waals surface area contributed by atoms with Crippen LogP contribution in [0.15, 0.2) is 53.1 Å². The zero-order chi connectivity index (χ0) is 26.1. The number of nitrogens with zero attached hydrogens (tertiary/aromatic N) is 3. The first-order chi connectivity index (χ1) is 17.9.